The third-order valence-electron chi connectivity index (χ3n) is 2.53. The summed E-state index contributed by atoms with van der Waals surface area (Å²) >= 11 is 3.25. The molecule has 0 aliphatic carbocycles. The van der Waals surface area contributed by atoms with Crippen LogP contribution in [-0.2, 0) is 10.0 Å². The number of anilines is 1. The monoisotopic (exact) mass is 336 g/mol. The van der Waals surface area contributed by atoms with Gasteiger partial charge in [0.25, 0.3) is 0 Å². The summed E-state index contributed by atoms with van der Waals surface area (Å²) in [5.74, 6) is 0. The van der Waals surface area contributed by atoms with Crippen molar-refractivity contribution in [3.05, 3.63) is 22.7 Å². The van der Waals surface area contributed by atoms with E-state index in [1.807, 2.05) is 25.1 Å². The van der Waals surface area contributed by atoms with Gasteiger partial charge in [-0.15, -0.1) is 0 Å². The topological polar surface area (TPSA) is 60.9 Å². The molecule has 0 atom stereocenters. The van der Waals surface area contributed by atoms with Gasteiger partial charge in [-0.2, -0.15) is 4.31 Å². The molecule has 7 heteroatoms. The van der Waals surface area contributed by atoms with Gasteiger partial charge in [0.2, 0.25) is 10.0 Å². The standard InChI is InChI=1S/C11H17BrN2O3S/c1-13(2)9-4-5-10(12)11(8-9)18(16,17)14(3)6-7-15/h4-5,8,15H,6-7H2,1-3H3. The van der Waals surface area contributed by atoms with Crippen LogP contribution in [0.25, 0.3) is 0 Å². The number of hydrogen-bond donors (Lipinski definition) is 1. The normalized spacial score (nSPS) is 11.9. The lowest BCUT2D eigenvalue weighted by molar-refractivity contribution is 0.266. The number of nitrogens with zero attached hydrogens (tertiary/aromatic N) is 2. The first kappa shape index (κ1) is 15.4. The smallest absolute Gasteiger partial charge is 0.244 e. The lowest BCUT2D eigenvalue weighted by Gasteiger charge is -2.19. The predicted molar refractivity (Wildman–Crippen MR) is 75.4 cm³/mol. The molecule has 1 aromatic carbocycles. The Bertz CT molecular complexity index is 517. The highest BCUT2D eigenvalue weighted by atomic mass is 79.9. The van der Waals surface area contributed by atoms with Gasteiger partial charge in [0, 0.05) is 37.8 Å². The number of sulfonamides is 1. The molecule has 0 aliphatic rings. The van der Waals surface area contributed by atoms with Crippen molar-refractivity contribution in [3.8, 4) is 0 Å². The fraction of sp³-hybridized carbons (Fsp3) is 0.455. The summed E-state index contributed by atoms with van der Waals surface area (Å²) in [7, 11) is 1.55. The van der Waals surface area contributed by atoms with Crippen LogP contribution in [0.1, 0.15) is 0 Å². The summed E-state index contributed by atoms with van der Waals surface area (Å²) in [4.78, 5) is 2.03. The summed E-state index contributed by atoms with van der Waals surface area (Å²) in [6.45, 7) is -0.137. The lowest BCUT2D eigenvalue weighted by atomic mass is 10.3. The average Bonchev–Trinajstić information content (AvgIpc) is 2.29. The summed E-state index contributed by atoms with van der Waals surface area (Å²) in [5.41, 5.74) is 0.800. The molecular weight excluding hydrogens is 320 g/mol. The minimum atomic E-state index is -3.59. The van der Waals surface area contributed by atoms with E-state index in [1.165, 1.54) is 7.05 Å². The maximum Gasteiger partial charge on any atom is 0.244 e. The van der Waals surface area contributed by atoms with Crippen LogP contribution in [-0.4, -0.2) is 52.1 Å². The van der Waals surface area contributed by atoms with Gasteiger partial charge < -0.3 is 10.0 Å². The summed E-state index contributed by atoms with van der Waals surface area (Å²) in [6, 6.07) is 5.14. The Morgan fingerprint density at radius 2 is 1.89 bits per heavy atom. The van der Waals surface area contributed by atoms with Crippen LogP contribution in [0.15, 0.2) is 27.6 Å². The second-order valence-electron chi connectivity index (χ2n) is 4.06. The molecule has 1 rings (SSSR count). The van der Waals surface area contributed by atoms with E-state index in [2.05, 4.69) is 15.9 Å². The molecule has 1 aromatic rings. The molecule has 18 heavy (non-hydrogen) atoms. The van der Waals surface area contributed by atoms with Crippen molar-refractivity contribution >= 4 is 31.6 Å². The van der Waals surface area contributed by atoms with Gasteiger partial charge in [-0.05, 0) is 34.1 Å². The maximum absolute atomic E-state index is 12.3. The Morgan fingerprint density at radius 3 is 2.39 bits per heavy atom. The molecule has 0 radical (unpaired) electrons. The highest BCUT2D eigenvalue weighted by Crippen LogP contribution is 2.28. The zero-order chi connectivity index (χ0) is 13.9. The summed E-state index contributed by atoms with van der Waals surface area (Å²) < 4.78 is 26.2. The van der Waals surface area contributed by atoms with Crippen LogP contribution in [0.2, 0.25) is 0 Å². The Kier molecular flexibility index (Phi) is 5.15. The first-order chi connectivity index (χ1) is 8.30. The van der Waals surface area contributed by atoms with Gasteiger partial charge in [-0.25, -0.2) is 8.42 Å². The highest BCUT2D eigenvalue weighted by molar-refractivity contribution is 9.10. The molecule has 0 fully saturated rings. The maximum atomic E-state index is 12.3. The van der Waals surface area contributed by atoms with Crippen molar-refractivity contribution in [2.24, 2.45) is 0 Å². The van der Waals surface area contributed by atoms with E-state index in [-0.39, 0.29) is 18.0 Å². The highest BCUT2D eigenvalue weighted by Gasteiger charge is 2.23. The quantitative estimate of drug-likeness (QED) is 0.875. The number of likely N-dealkylation sites (N-methyl/N-ethyl adjacent to an activating group) is 1. The van der Waals surface area contributed by atoms with Crippen molar-refractivity contribution in [1.82, 2.24) is 4.31 Å². The van der Waals surface area contributed by atoms with Crippen LogP contribution < -0.4 is 4.90 Å². The molecule has 1 N–H and O–H groups in total. The second-order valence-corrected chi connectivity index (χ2v) is 6.93. The van der Waals surface area contributed by atoms with E-state index in [9.17, 15) is 8.42 Å². The fourth-order valence-corrected chi connectivity index (χ4v) is 3.50. The van der Waals surface area contributed by atoms with Crippen molar-refractivity contribution < 1.29 is 13.5 Å². The van der Waals surface area contributed by atoms with Gasteiger partial charge in [-0.1, -0.05) is 0 Å². The zero-order valence-electron chi connectivity index (χ0n) is 10.6. The largest absolute Gasteiger partial charge is 0.395 e. The molecular formula is C11H17BrN2O3S. The first-order valence-corrected chi connectivity index (χ1v) is 7.58. The Hall–Kier alpha value is -0.630. The lowest BCUT2D eigenvalue weighted by Crippen LogP contribution is -2.30. The van der Waals surface area contributed by atoms with E-state index < -0.39 is 10.0 Å². The summed E-state index contributed by atoms with van der Waals surface area (Å²) in [5, 5.41) is 8.83. The number of rotatable bonds is 5. The van der Waals surface area contributed by atoms with Gasteiger partial charge >= 0.3 is 0 Å². The molecule has 0 saturated carbocycles. The third kappa shape index (κ3) is 3.23. The zero-order valence-corrected chi connectivity index (χ0v) is 13.0. The molecule has 5 nitrogen and oxygen atoms in total. The third-order valence-corrected chi connectivity index (χ3v) is 5.39. The van der Waals surface area contributed by atoms with Crippen molar-refractivity contribution in [2.75, 3.05) is 39.2 Å². The van der Waals surface area contributed by atoms with Crippen molar-refractivity contribution in [2.45, 2.75) is 4.90 Å². The molecule has 0 heterocycles. The van der Waals surface area contributed by atoms with Crippen molar-refractivity contribution in [1.29, 1.82) is 0 Å². The van der Waals surface area contributed by atoms with Crippen LogP contribution in [0.4, 0.5) is 5.69 Å². The predicted octanol–water partition coefficient (Wildman–Crippen LogP) is 1.13. The molecule has 0 aromatic heterocycles. The number of halogens is 1. The molecule has 0 bridgehead atoms. The SMILES string of the molecule is CN(C)c1ccc(Br)c(S(=O)(=O)N(C)CCO)c1. The number of hydrogen-bond acceptors (Lipinski definition) is 4. The van der Waals surface area contributed by atoms with E-state index >= 15 is 0 Å². The average molecular weight is 337 g/mol. The minimum Gasteiger partial charge on any atom is -0.395 e. The van der Waals surface area contributed by atoms with E-state index in [1.54, 1.807) is 12.1 Å². The molecule has 0 unspecified atom stereocenters. The molecule has 0 amide bonds. The van der Waals surface area contributed by atoms with Gasteiger partial charge in [-0.3, -0.25) is 0 Å². The molecule has 102 valence electrons. The first-order valence-electron chi connectivity index (χ1n) is 5.34. The van der Waals surface area contributed by atoms with Crippen LogP contribution in [0.5, 0.6) is 0 Å². The van der Waals surface area contributed by atoms with E-state index in [4.69, 9.17) is 5.11 Å². The number of aliphatic hydroxyl groups excluding tert-OH is 1. The van der Waals surface area contributed by atoms with Gasteiger partial charge in [0.15, 0.2) is 0 Å². The minimum absolute atomic E-state index is 0.0704. The van der Waals surface area contributed by atoms with Gasteiger partial charge in [0.05, 0.1) is 11.5 Å². The van der Waals surface area contributed by atoms with E-state index in [0.717, 1.165) is 9.99 Å². The van der Waals surface area contributed by atoms with E-state index in [0.29, 0.717) is 4.47 Å². The molecule has 0 saturated heterocycles. The van der Waals surface area contributed by atoms with Crippen LogP contribution >= 0.6 is 15.9 Å². The Labute approximate surface area is 116 Å². The van der Waals surface area contributed by atoms with Crippen molar-refractivity contribution in [3.63, 3.8) is 0 Å². The Morgan fingerprint density at radius 1 is 1.28 bits per heavy atom. The number of aliphatic hydroxyl groups is 1. The molecule has 0 spiro atoms. The second kappa shape index (κ2) is 6.01. The van der Waals surface area contributed by atoms with Crippen LogP contribution in [0.3, 0.4) is 0 Å². The number of benzene rings is 1. The Balaban J connectivity index is 3.27. The summed E-state index contributed by atoms with van der Waals surface area (Å²) in [6.07, 6.45) is 0. The fourth-order valence-electron chi connectivity index (χ4n) is 1.40. The molecule has 0 aliphatic heterocycles. The van der Waals surface area contributed by atoms with Gasteiger partial charge in [0.1, 0.15) is 0 Å². The van der Waals surface area contributed by atoms with Crippen LogP contribution in [0, 0.1) is 0 Å².